The lowest BCUT2D eigenvalue weighted by atomic mass is 9.43. The zero-order valence-corrected chi connectivity index (χ0v) is 18.9. The first-order valence-corrected chi connectivity index (χ1v) is 12.1. The number of carbonyl (C=O) groups is 1. The molecule has 10 atom stereocenters. The van der Waals surface area contributed by atoms with Crippen LogP contribution in [0.3, 0.4) is 0 Å². The summed E-state index contributed by atoms with van der Waals surface area (Å²) in [4.78, 5) is 11.6. The number of ether oxygens (including phenoxy) is 1. The van der Waals surface area contributed by atoms with Gasteiger partial charge in [-0.25, -0.2) is 0 Å². The van der Waals surface area contributed by atoms with Gasteiger partial charge >= 0.3 is 5.97 Å². The molecule has 29 heavy (non-hydrogen) atoms. The molecule has 5 unspecified atom stereocenters. The quantitative estimate of drug-likeness (QED) is 0.671. The summed E-state index contributed by atoms with van der Waals surface area (Å²) in [6.07, 6.45) is 9.86. The molecule has 0 heterocycles. The first kappa shape index (κ1) is 21.6. The van der Waals surface area contributed by atoms with E-state index in [0.29, 0.717) is 41.4 Å². The predicted octanol–water partition coefficient (Wildman–Crippen LogP) is 4.57. The Hall–Kier alpha value is -0.610. The van der Waals surface area contributed by atoms with Gasteiger partial charge in [0.2, 0.25) is 0 Å². The molecule has 4 aliphatic carbocycles. The van der Waals surface area contributed by atoms with Crippen LogP contribution in [0.5, 0.6) is 0 Å². The maximum absolute atomic E-state index is 11.6. The Kier molecular flexibility index (Phi) is 5.83. The highest BCUT2D eigenvalue weighted by Gasteiger charge is 2.63. The van der Waals surface area contributed by atoms with Crippen LogP contribution in [0, 0.1) is 46.3 Å². The summed E-state index contributed by atoms with van der Waals surface area (Å²) in [5.41, 5.74) is 0.271. The van der Waals surface area contributed by atoms with E-state index in [9.17, 15) is 15.0 Å². The molecule has 4 saturated carbocycles. The summed E-state index contributed by atoms with van der Waals surface area (Å²) in [7, 11) is 1.46. The van der Waals surface area contributed by atoms with Crippen LogP contribution in [0.4, 0.5) is 0 Å². The minimum absolute atomic E-state index is 0.0198. The van der Waals surface area contributed by atoms with Crippen LogP contribution in [0.15, 0.2) is 0 Å². The Morgan fingerprint density at radius 3 is 2.55 bits per heavy atom. The number of carbonyl (C=O) groups excluding carboxylic acids is 1. The van der Waals surface area contributed by atoms with Gasteiger partial charge in [-0.05, 0) is 104 Å². The molecule has 0 aliphatic heterocycles. The number of hydrogen-bond acceptors (Lipinski definition) is 4. The van der Waals surface area contributed by atoms with Crippen LogP contribution < -0.4 is 0 Å². The lowest BCUT2D eigenvalue weighted by Crippen LogP contribution is -2.58. The van der Waals surface area contributed by atoms with Crippen molar-refractivity contribution in [2.24, 2.45) is 46.3 Å². The van der Waals surface area contributed by atoms with Crippen molar-refractivity contribution in [3.05, 3.63) is 0 Å². The maximum atomic E-state index is 11.6. The van der Waals surface area contributed by atoms with Crippen molar-refractivity contribution in [1.82, 2.24) is 0 Å². The summed E-state index contributed by atoms with van der Waals surface area (Å²) < 4.78 is 4.85. The molecule has 0 aromatic carbocycles. The van der Waals surface area contributed by atoms with E-state index in [4.69, 9.17) is 4.74 Å². The van der Waals surface area contributed by atoms with Crippen LogP contribution in [-0.4, -0.2) is 35.5 Å². The molecule has 0 radical (unpaired) electrons. The van der Waals surface area contributed by atoms with Crippen molar-refractivity contribution >= 4 is 5.97 Å². The Morgan fingerprint density at radius 2 is 1.83 bits per heavy atom. The molecule has 0 aromatic heterocycles. The van der Waals surface area contributed by atoms with Gasteiger partial charge in [0, 0.05) is 6.42 Å². The smallest absolute Gasteiger partial charge is 0.305 e. The van der Waals surface area contributed by atoms with E-state index in [2.05, 4.69) is 20.8 Å². The number of hydrogen-bond donors (Lipinski definition) is 2. The van der Waals surface area contributed by atoms with Gasteiger partial charge < -0.3 is 14.9 Å². The number of aliphatic hydroxyl groups excluding tert-OH is 2. The Labute approximate surface area is 176 Å². The highest BCUT2D eigenvalue weighted by molar-refractivity contribution is 5.69. The lowest BCUT2D eigenvalue weighted by molar-refractivity contribution is -0.175. The second-order valence-corrected chi connectivity index (χ2v) is 11.5. The fraction of sp³-hybridized carbons (Fsp3) is 0.960. The minimum Gasteiger partial charge on any atom is -0.469 e. The third-order valence-electron chi connectivity index (χ3n) is 10.5. The highest BCUT2D eigenvalue weighted by atomic mass is 16.5. The largest absolute Gasteiger partial charge is 0.469 e. The molecule has 4 fully saturated rings. The van der Waals surface area contributed by atoms with Gasteiger partial charge in [0.15, 0.2) is 0 Å². The molecule has 0 bridgehead atoms. The number of aliphatic hydroxyl groups is 2. The maximum Gasteiger partial charge on any atom is 0.305 e. The summed E-state index contributed by atoms with van der Waals surface area (Å²) in [6.45, 7) is 7.12. The molecule has 0 spiro atoms. The second-order valence-electron chi connectivity index (χ2n) is 11.5. The van der Waals surface area contributed by atoms with Gasteiger partial charge in [-0.1, -0.05) is 20.8 Å². The molecule has 4 rings (SSSR count). The van der Waals surface area contributed by atoms with Crippen molar-refractivity contribution in [2.45, 2.75) is 97.2 Å². The summed E-state index contributed by atoms with van der Waals surface area (Å²) in [6, 6.07) is 0. The van der Waals surface area contributed by atoms with Gasteiger partial charge in [-0.2, -0.15) is 0 Å². The van der Waals surface area contributed by atoms with Crippen LogP contribution in [0.1, 0.15) is 85.0 Å². The van der Waals surface area contributed by atoms with Crippen LogP contribution >= 0.6 is 0 Å². The molecule has 0 aromatic rings. The predicted molar refractivity (Wildman–Crippen MR) is 113 cm³/mol. The van der Waals surface area contributed by atoms with Crippen LogP contribution in [-0.2, 0) is 9.53 Å². The van der Waals surface area contributed by atoms with Crippen LogP contribution in [0.25, 0.3) is 0 Å². The van der Waals surface area contributed by atoms with Crippen molar-refractivity contribution in [1.29, 1.82) is 0 Å². The first-order valence-electron chi connectivity index (χ1n) is 12.1. The van der Waals surface area contributed by atoms with Gasteiger partial charge in [0.1, 0.15) is 0 Å². The SMILES string of the molecule is COC(=O)CC[C@@H](C)C1CCC2C3CCC4C[C@H](O)CC[C@]4(C)C3C[C@H](O)[C@@]21C. The van der Waals surface area contributed by atoms with Crippen LogP contribution in [0.2, 0.25) is 0 Å². The highest BCUT2D eigenvalue weighted by Crippen LogP contribution is 2.68. The van der Waals surface area contributed by atoms with Crippen molar-refractivity contribution in [2.75, 3.05) is 7.11 Å². The number of rotatable bonds is 4. The minimum atomic E-state index is -0.246. The average Bonchev–Trinajstić information content (AvgIpc) is 3.06. The standard InChI is InChI=1S/C25H42O4/c1-15(5-10-23(28)29-4)19-8-9-20-18-7-6-16-13-17(26)11-12-24(16,2)21(18)14-22(27)25(19,20)3/h15-22,26-27H,5-14H2,1-4H3/t15-,16?,17-,18?,19?,20?,21?,22+,24+,25-/m1/s1. The average molecular weight is 407 g/mol. The van der Waals surface area contributed by atoms with Gasteiger partial charge in [0.25, 0.3) is 0 Å². The Balaban J connectivity index is 1.53. The normalized spacial score (nSPS) is 50.2. The summed E-state index contributed by atoms with van der Waals surface area (Å²) >= 11 is 0. The van der Waals surface area contributed by atoms with Gasteiger partial charge in [-0.3, -0.25) is 4.79 Å². The second kappa shape index (κ2) is 7.82. The van der Waals surface area contributed by atoms with E-state index in [-0.39, 0.29) is 23.6 Å². The topological polar surface area (TPSA) is 66.8 Å². The Morgan fingerprint density at radius 1 is 1.07 bits per heavy atom. The van der Waals surface area contributed by atoms with Gasteiger partial charge in [0.05, 0.1) is 19.3 Å². The molecular formula is C25H42O4. The van der Waals surface area contributed by atoms with Crippen molar-refractivity contribution in [3.8, 4) is 0 Å². The van der Waals surface area contributed by atoms with Crippen molar-refractivity contribution in [3.63, 3.8) is 0 Å². The summed E-state index contributed by atoms with van der Waals surface area (Å²) in [5, 5.41) is 21.8. The fourth-order valence-corrected chi connectivity index (χ4v) is 8.81. The molecule has 166 valence electrons. The molecule has 4 nitrogen and oxygen atoms in total. The van der Waals surface area contributed by atoms with E-state index < -0.39 is 0 Å². The number of fused-ring (bicyclic) bond motifs is 5. The molecule has 0 amide bonds. The molecular weight excluding hydrogens is 364 g/mol. The lowest BCUT2D eigenvalue weighted by Gasteiger charge is -2.62. The zero-order chi connectivity index (χ0) is 21.0. The third kappa shape index (κ3) is 3.37. The first-order chi connectivity index (χ1) is 13.7. The molecule has 0 saturated heterocycles. The fourth-order valence-electron chi connectivity index (χ4n) is 8.81. The van der Waals surface area contributed by atoms with Crippen molar-refractivity contribution < 1.29 is 19.7 Å². The zero-order valence-electron chi connectivity index (χ0n) is 18.9. The molecule has 4 aliphatic rings. The Bertz CT molecular complexity index is 620. The van der Waals surface area contributed by atoms with E-state index in [1.807, 2.05) is 0 Å². The number of methoxy groups -OCH3 is 1. The monoisotopic (exact) mass is 406 g/mol. The number of esters is 1. The van der Waals surface area contributed by atoms with E-state index in [1.165, 1.54) is 32.8 Å². The van der Waals surface area contributed by atoms with Gasteiger partial charge in [-0.15, -0.1) is 0 Å². The third-order valence-corrected chi connectivity index (χ3v) is 10.5. The van der Waals surface area contributed by atoms with E-state index in [0.717, 1.165) is 38.0 Å². The van der Waals surface area contributed by atoms with E-state index >= 15 is 0 Å². The summed E-state index contributed by atoms with van der Waals surface area (Å²) in [5.74, 6) is 3.36. The van der Waals surface area contributed by atoms with E-state index in [1.54, 1.807) is 0 Å². The molecule has 4 heteroatoms. The molecule has 2 N–H and O–H groups in total.